The standard InChI is InChI=1S/C25H26F3N3O2S/c1-15(2)23-22(34-24(29-23)16-4-6-17(7-5-16)25(26,27)28)11-10-20-19-9-8-18(31(3)12-13-32)14-21(19)33-30-20/h4-9,14-15,32H,10-13H2,1-3H3. The van der Waals surface area contributed by atoms with E-state index in [1.54, 1.807) is 0 Å². The number of thiazole rings is 1. The highest BCUT2D eigenvalue weighted by Crippen LogP contribution is 2.35. The summed E-state index contributed by atoms with van der Waals surface area (Å²) in [5.41, 5.74) is 3.45. The Morgan fingerprint density at radius 3 is 2.47 bits per heavy atom. The summed E-state index contributed by atoms with van der Waals surface area (Å²) >= 11 is 1.51. The molecule has 0 saturated heterocycles. The van der Waals surface area contributed by atoms with Gasteiger partial charge in [0.1, 0.15) is 5.01 Å². The van der Waals surface area contributed by atoms with Crippen molar-refractivity contribution in [1.29, 1.82) is 0 Å². The number of fused-ring (bicyclic) bond motifs is 1. The lowest BCUT2D eigenvalue weighted by Gasteiger charge is -2.17. The summed E-state index contributed by atoms with van der Waals surface area (Å²) in [5, 5.41) is 15.1. The Hall–Kier alpha value is -2.91. The largest absolute Gasteiger partial charge is 0.416 e. The molecule has 5 nitrogen and oxygen atoms in total. The lowest BCUT2D eigenvalue weighted by atomic mass is 10.1. The number of nitrogens with zero attached hydrogens (tertiary/aromatic N) is 3. The molecule has 2 aromatic heterocycles. The van der Waals surface area contributed by atoms with Crippen LogP contribution in [-0.2, 0) is 19.0 Å². The number of halogens is 3. The number of hydrogen-bond donors (Lipinski definition) is 1. The maximum absolute atomic E-state index is 12.9. The highest BCUT2D eigenvalue weighted by molar-refractivity contribution is 7.15. The summed E-state index contributed by atoms with van der Waals surface area (Å²) in [6, 6.07) is 11.0. The first kappa shape index (κ1) is 24.2. The molecular formula is C25H26F3N3O2S. The average molecular weight is 490 g/mol. The van der Waals surface area contributed by atoms with Crippen molar-refractivity contribution < 1.29 is 22.8 Å². The van der Waals surface area contributed by atoms with Crippen molar-refractivity contribution in [1.82, 2.24) is 10.1 Å². The second-order valence-electron chi connectivity index (χ2n) is 8.51. The number of aliphatic hydroxyl groups is 1. The van der Waals surface area contributed by atoms with E-state index in [1.165, 1.54) is 23.5 Å². The fourth-order valence-corrected chi connectivity index (χ4v) is 5.05. The van der Waals surface area contributed by atoms with Crippen LogP contribution in [0.5, 0.6) is 0 Å². The van der Waals surface area contributed by atoms with Crippen LogP contribution in [0.3, 0.4) is 0 Å². The quantitative estimate of drug-likeness (QED) is 0.314. The van der Waals surface area contributed by atoms with E-state index in [1.807, 2.05) is 30.1 Å². The third kappa shape index (κ3) is 5.10. The number of aryl methyl sites for hydroxylation is 2. The minimum atomic E-state index is -4.36. The molecule has 4 aromatic rings. The first-order valence-corrected chi connectivity index (χ1v) is 11.9. The molecule has 0 bridgehead atoms. The number of benzene rings is 2. The van der Waals surface area contributed by atoms with Crippen LogP contribution in [0.25, 0.3) is 21.5 Å². The van der Waals surface area contributed by atoms with Crippen molar-refractivity contribution >= 4 is 28.0 Å². The van der Waals surface area contributed by atoms with Gasteiger partial charge in [0.05, 0.1) is 23.6 Å². The predicted octanol–water partition coefficient (Wildman–Crippen LogP) is 6.31. The Labute approximate surface area is 199 Å². The van der Waals surface area contributed by atoms with Gasteiger partial charge in [-0.2, -0.15) is 13.2 Å². The number of likely N-dealkylation sites (N-methyl/N-ethyl adjacent to an activating group) is 1. The second-order valence-corrected chi connectivity index (χ2v) is 9.60. The molecule has 180 valence electrons. The Morgan fingerprint density at radius 2 is 1.82 bits per heavy atom. The Bertz CT molecular complexity index is 1260. The fraction of sp³-hybridized carbons (Fsp3) is 0.360. The molecule has 0 radical (unpaired) electrons. The number of aromatic nitrogens is 2. The van der Waals surface area contributed by atoms with Gasteiger partial charge in [0.2, 0.25) is 0 Å². The normalized spacial score (nSPS) is 12.1. The van der Waals surface area contributed by atoms with Gasteiger partial charge >= 0.3 is 6.18 Å². The van der Waals surface area contributed by atoms with Gasteiger partial charge in [-0.05, 0) is 43.0 Å². The van der Waals surface area contributed by atoms with Crippen LogP contribution in [-0.4, -0.2) is 35.4 Å². The lowest BCUT2D eigenvalue weighted by molar-refractivity contribution is -0.137. The first-order chi connectivity index (χ1) is 16.2. The molecule has 0 aliphatic heterocycles. The monoisotopic (exact) mass is 489 g/mol. The predicted molar refractivity (Wildman–Crippen MR) is 128 cm³/mol. The van der Waals surface area contributed by atoms with Crippen LogP contribution in [0.4, 0.5) is 18.9 Å². The van der Waals surface area contributed by atoms with E-state index in [4.69, 9.17) is 14.6 Å². The topological polar surface area (TPSA) is 62.4 Å². The van der Waals surface area contributed by atoms with Gasteiger partial charge in [0.25, 0.3) is 0 Å². The lowest BCUT2D eigenvalue weighted by Crippen LogP contribution is -2.20. The highest BCUT2D eigenvalue weighted by atomic mass is 32.1. The molecule has 0 spiro atoms. The molecule has 9 heteroatoms. The van der Waals surface area contributed by atoms with Crippen LogP contribution in [0.15, 0.2) is 47.0 Å². The Kier molecular flexibility index (Phi) is 6.95. The molecule has 0 aliphatic rings. The molecule has 0 unspecified atom stereocenters. The van der Waals surface area contributed by atoms with Crippen molar-refractivity contribution in [3.63, 3.8) is 0 Å². The summed E-state index contributed by atoms with van der Waals surface area (Å²) in [7, 11) is 1.90. The Morgan fingerprint density at radius 1 is 1.09 bits per heavy atom. The SMILES string of the molecule is CC(C)c1nc(-c2ccc(C(F)(F)F)cc2)sc1CCc1noc2cc(N(C)CCO)ccc12. The van der Waals surface area contributed by atoms with Gasteiger partial charge in [-0.25, -0.2) is 4.98 Å². The van der Waals surface area contributed by atoms with Crippen molar-refractivity contribution in [2.24, 2.45) is 0 Å². The van der Waals surface area contributed by atoms with Gasteiger partial charge in [-0.1, -0.05) is 31.1 Å². The minimum absolute atomic E-state index is 0.0671. The number of anilines is 1. The summed E-state index contributed by atoms with van der Waals surface area (Å²) < 4.78 is 44.3. The van der Waals surface area contributed by atoms with Crippen LogP contribution in [0.1, 0.15) is 41.6 Å². The zero-order valence-corrected chi connectivity index (χ0v) is 20.0. The van der Waals surface area contributed by atoms with Crippen molar-refractivity contribution in [2.45, 2.75) is 38.8 Å². The molecule has 0 amide bonds. The molecule has 0 atom stereocenters. The molecule has 0 saturated carbocycles. The van der Waals surface area contributed by atoms with E-state index < -0.39 is 11.7 Å². The van der Waals surface area contributed by atoms with Gasteiger partial charge in [0.15, 0.2) is 5.58 Å². The van der Waals surface area contributed by atoms with Gasteiger partial charge in [-0.3, -0.25) is 0 Å². The summed E-state index contributed by atoms with van der Waals surface area (Å²) in [4.78, 5) is 7.79. The molecule has 0 aliphatic carbocycles. The maximum Gasteiger partial charge on any atom is 0.416 e. The molecule has 1 N–H and O–H groups in total. The van der Waals surface area contributed by atoms with Gasteiger partial charge < -0.3 is 14.5 Å². The highest BCUT2D eigenvalue weighted by Gasteiger charge is 2.30. The molecular weight excluding hydrogens is 463 g/mol. The average Bonchev–Trinajstić information content (AvgIpc) is 3.41. The molecule has 2 heterocycles. The number of hydrogen-bond acceptors (Lipinski definition) is 6. The third-order valence-electron chi connectivity index (χ3n) is 5.73. The molecule has 4 rings (SSSR count). The number of alkyl halides is 3. The first-order valence-electron chi connectivity index (χ1n) is 11.0. The van der Waals surface area contributed by atoms with Crippen LogP contribution in [0, 0.1) is 0 Å². The third-order valence-corrected chi connectivity index (χ3v) is 6.91. The van der Waals surface area contributed by atoms with Crippen molar-refractivity contribution in [3.8, 4) is 10.6 Å². The molecule has 2 aromatic carbocycles. The summed E-state index contributed by atoms with van der Waals surface area (Å²) in [6.45, 7) is 4.71. The maximum atomic E-state index is 12.9. The van der Waals surface area contributed by atoms with E-state index in [2.05, 4.69) is 19.0 Å². The molecule has 0 fully saturated rings. The minimum Gasteiger partial charge on any atom is -0.395 e. The Balaban J connectivity index is 1.55. The summed E-state index contributed by atoms with van der Waals surface area (Å²) in [5.74, 6) is 0.188. The zero-order chi connectivity index (χ0) is 24.5. The van der Waals surface area contributed by atoms with E-state index in [0.29, 0.717) is 35.5 Å². The number of rotatable bonds is 8. The smallest absolute Gasteiger partial charge is 0.395 e. The van der Waals surface area contributed by atoms with E-state index in [9.17, 15) is 13.2 Å². The fourth-order valence-electron chi connectivity index (χ4n) is 3.83. The number of aliphatic hydroxyl groups excluding tert-OH is 1. The van der Waals surface area contributed by atoms with Crippen molar-refractivity contribution in [3.05, 3.63) is 64.3 Å². The summed E-state index contributed by atoms with van der Waals surface area (Å²) in [6.07, 6.45) is -2.99. The van der Waals surface area contributed by atoms with E-state index in [-0.39, 0.29) is 12.5 Å². The van der Waals surface area contributed by atoms with E-state index in [0.717, 1.165) is 39.5 Å². The molecule has 34 heavy (non-hydrogen) atoms. The second kappa shape index (κ2) is 9.76. The van der Waals surface area contributed by atoms with Crippen LogP contribution >= 0.6 is 11.3 Å². The van der Waals surface area contributed by atoms with Crippen LogP contribution in [0.2, 0.25) is 0 Å². The van der Waals surface area contributed by atoms with Gasteiger partial charge in [0, 0.05) is 41.2 Å². The zero-order valence-electron chi connectivity index (χ0n) is 19.2. The van der Waals surface area contributed by atoms with Gasteiger partial charge in [-0.15, -0.1) is 11.3 Å². The van der Waals surface area contributed by atoms with E-state index >= 15 is 0 Å². The van der Waals surface area contributed by atoms with Crippen LogP contribution < -0.4 is 4.90 Å². The van der Waals surface area contributed by atoms with Crippen molar-refractivity contribution in [2.75, 3.05) is 25.1 Å².